The fraction of sp³-hybridized carbons (Fsp3) is 0.250. The van der Waals surface area contributed by atoms with Crippen molar-refractivity contribution < 1.29 is 30.6 Å². The van der Waals surface area contributed by atoms with Crippen LogP contribution in [-0.4, -0.2) is 43.7 Å². The van der Waals surface area contributed by atoms with E-state index in [-0.39, 0.29) is 36.1 Å². The number of nitrogens with two attached hydrogens (primary N) is 2. The average Bonchev–Trinajstić information content (AvgIpc) is 2.58. The zero-order valence-electron chi connectivity index (χ0n) is 12.9. The number of phenols is 4. The molecule has 0 saturated heterocycles. The van der Waals surface area contributed by atoms with E-state index in [2.05, 4.69) is 0 Å². The number of aliphatic hydroxyl groups is 2. The van der Waals surface area contributed by atoms with E-state index in [1.807, 2.05) is 0 Å². The van der Waals surface area contributed by atoms with Gasteiger partial charge in [0, 0.05) is 13.1 Å². The second-order valence-corrected chi connectivity index (χ2v) is 5.00. The van der Waals surface area contributed by atoms with Crippen LogP contribution in [0.25, 0.3) is 0 Å². The van der Waals surface area contributed by atoms with Gasteiger partial charge in [-0.05, 0) is 35.4 Å². The van der Waals surface area contributed by atoms with E-state index in [1.165, 1.54) is 36.4 Å². The summed E-state index contributed by atoms with van der Waals surface area (Å²) >= 11 is 0. The normalized spacial score (nSPS) is 12.8. The van der Waals surface area contributed by atoms with Gasteiger partial charge < -0.3 is 42.1 Å². The van der Waals surface area contributed by atoms with Crippen LogP contribution in [0.1, 0.15) is 23.3 Å². The molecule has 8 nitrogen and oxygen atoms in total. The Kier molecular flexibility index (Phi) is 7.28. The van der Waals surface area contributed by atoms with Crippen molar-refractivity contribution in [1.82, 2.24) is 0 Å². The number of aliphatic hydroxyl groups excluding tert-OH is 2. The maximum atomic E-state index is 9.23. The minimum Gasteiger partial charge on any atom is -0.504 e. The van der Waals surface area contributed by atoms with Crippen LogP contribution >= 0.6 is 0 Å². The minimum atomic E-state index is -0.795. The summed E-state index contributed by atoms with van der Waals surface area (Å²) in [5.41, 5.74) is 11.4. The first-order valence-electron chi connectivity index (χ1n) is 7.10. The lowest BCUT2D eigenvalue weighted by atomic mass is 10.1. The molecule has 0 aliphatic heterocycles. The number of phenolic OH excluding ortho intramolecular Hbond substituents is 4. The van der Waals surface area contributed by atoms with Gasteiger partial charge in [-0.3, -0.25) is 0 Å². The van der Waals surface area contributed by atoms with Gasteiger partial charge in [0.2, 0.25) is 0 Å². The Morgan fingerprint density at radius 1 is 0.625 bits per heavy atom. The first-order valence-corrected chi connectivity index (χ1v) is 7.10. The summed E-state index contributed by atoms with van der Waals surface area (Å²) in [6, 6.07) is 8.20. The Bertz CT molecular complexity index is 608. The minimum absolute atomic E-state index is 0.0875. The standard InChI is InChI=1S/2C8H11NO3/c2*9-4-8(12)5-1-2-6(10)7(11)3-5/h2*1-3,8,10-12H,4,9H2/t2*8-/m11/s1. The third-order valence-corrected chi connectivity index (χ3v) is 3.22. The number of aromatic hydroxyl groups is 4. The molecule has 0 aromatic heterocycles. The van der Waals surface area contributed by atoms with Gasteiger partial charge in [0.05, 0.1) is 12.2 Å². The van der Waals surface area contributed by atoms with Gasteiger partial charge in [0.1, 0.15) is 0 Å². The fourth-order valence-corrected chi connectivity index (χ4v) is 1.77. The predicted molar refractivity (Wildman–Crippen MR) is 87.6 cm³/mol. The van der Waals surface area contributed by atoms with Gasteiger partial charge in [0.15, 0.2) is 23.0 Å². The monoisotopic (exact) mass is 338 g/mol. The molecule has 2 atom stereocenters. The molecule has 0 unspecified atom stereocenters. The smallest absolute Gasteiger partial charge is 0.157 e. The lowest BCUT2D eigenvalue weighted by molar-refractivity contribution is 0.186. The summed E-state index contributed by atoms with van der Waals surface area (Å²) in [6.07, 6.45) is -1.59. The van der Waals surface area contributed by atoms with Crippen LogP contribution in [0.3, 0.4) is 0 Å². The summed E-state index contributed by atoms with van der Waals surface area (Å²) in [7, 11) is 0. The molecule has 0 radical (unpaired) electrons. The van der Waals surface area contributed by atoms with Crippen molar-refractivity contribution in [2.24, 2.45) is 11.5 Å². The van der Waals surface area contributed by atoms with Crippen LogP contribution in [0.5, 0.6) is 23.0 Å². The lowest BCUT2D eigenvalue weighted by Gasteiger charge is -2.08. The van der Waals surface area contributed by atoms with Crippen molar-refractivity contribution in [3.8, 4) is 23.0 Å². The molecule has 2 aromatic carbocycles. The number of rotatable bonds is 4. The van der Waals surface area contributed by atoms with Crippen molar-refractivity contribution in [2.45, 2.75) is 12.2 Å². The Hall–Kier alpha value is -2.52. The summed E-state index contributed by atoms with van der Waals surface area (Å²) in [6.45, 7) is 0.175. The molecule has 8 heteroatoms. The fourth-order valence-electron chi connectivity index (χ4n) is 1.77. The molecule has 0 fully saturated rings. The highest BCUT2D eigenvalue weighted by molar-refractivity contribution is 5.41. The third kappa shape index (κ3) is 5.28. The summed E-state index contributed by atoms with van der Waals surface area (Å²) in [4.78, 5) is 0. The van der Waals surface area contributed by atoms with Gasteiger partial charge in [-0.1, -0.05) is 12.1 Å². The van der Waals surface area contributed by atoms with E-state index in [0.717, 1.165) is 0 Å². The van der Waals surface area contributed by atoms with Crippen LogP contribution in [0, 0.1) is 0 Å². The highest BCUT2D eigenvalue weighted by atomic mass is 16.3. The Labute approximate surface area is 138 Å². The summed E-state index contributed by atoms with van der Waals surface area (Å²) in [5.74, 6) is -0.911. The second-order valence-electron chi connectivity index (χ2n) is 5.00. The lowest BCUT2D eigenvalue weighted by Crippen LogP contribution is -2.11. The molecule has 24 heavy (non-hydrogen) atoms. The van der Waals surface area contributed by atoms with Crippen LogP contribution in [0.15, 0.2) is 36.4 Å². The largest absolute Gasteiger partial charge is 0.504 e. The maximum absolute atomic E-state index is 9.23. The third-order valence-electron chi connectivity index (χ3n) is 3.22. The van der Waals surface area contributed by atoms with Gasteiger partial charge in [0.25, 0.3) is 0 Å². The molecule has 0 spiro atoms. The molecule has 2 rings (SSSR count). The molecule has 0 bridgehead atoms. The van der Waals surface area contributed by atoms with Gasteiger partial charge in [-0.15, -0.1) is 0 Å². The van der Waals surface area contributed by atoms with E-state index in [0.29, 0.717) is 11.1 Å². The first-order chi connectivity index (χ1) is 11.3. The SMILES string of the molecule is NC[C@@H](O)c1ccc(O)c(O)c1.NC[C@@H](O)c1ccc(O)c(O)c1. The topological polar surface area (TPSA) is 173 Å². The molecule has 0 aliphatic rings. The molecular formula is C16H22N2O6. The zero-order valence-corrected chi connectivity index (χ0v) is 12.9. The highest BCUT2D eigenvalue weighted by Crippen LogP contribution is 2.28. The molecule has 132 valence electrons. The van der Waals surface area contributed by atoms with Gasteiger partial charge >= 0.3 is 0 Å². The molecule has 0 saturated carbocycles. The average molecular weight is 338 g/mol. The maximum Gasteiger partial charge on any atom is 0.157 e. The Morgan fingerprint density at radius 2 is 0.958 bits per heavy atom. The van der Waals surface area contributed by atoms with Crippen molar-refractivity contribution in [3.63, 3.8) is 0 Å². The van der Waals surface area contributed by atoms with Crippen molar-refractivity contribution in [2.75, 3.05) is 13.1 Å². The van der Waals surface area contributed by atoms with Crippen LogP contribution in [0.2, 0.25) is 0 Å². The van der Waals surface area contributed by atoms with E-state index in [4.69, 9.17) is 31.9 Å². The predicted octanol–water partition coefficient (Wildman–Crippen LogP) is 0.180. The molecular weight excluding hydrogens is 316 g/mol. The van der Waals surface area contributed by atoms with Gasteiger partial charge in [-0.2, -0.15) is 0 Å². The Balaban J connectivity index is 0.000000240. The number of benzene rings is 2. The van der Waals surface area contributed by atoms with Crippen LogP contribution < -0.4 is 11.5 Å². The van der Waals surface area contributed by atoms with E-state index < -0.39 is 12.2 Å². The molecule has 10 N–H and O–H groups in total. The molecule has 0 heterocycles. The van der Waals surface area contributed by atoms with Crippen LogP contribution in [-0.2, 0) is 0 Å². The van der Waals surface area contributed by atoms with E-state index >= 15 is 0 Å². The van der Waals surface area contributed by atoms with E-state index in [1.54, 1.807) is 0 Å². The summed E-state index contributed by atoms with van der Waals surface area (Å²) < 4.78 is 0. The Morgan fingerprint density at radius 3 is 1.21 bits per heavy atom. The van der Waals surface area contributed by atoms with E-state index in [9.17, 15) is 10.2 Å². The highest BCUT2D eigenvalue weighted by Gasteiger charge is 2.08. The number of hydrogen-bond donors (Lipinski definition) is 8. The molecule has 2 aromatic rings. The second kappa shape index (κ2) is 8.94. The van der Waals surface area contributed by atoms with Crippen molar-refractivity contribution in [1.29, 1.82) is 0 Å². The quantitative estimate of drug-likeness (QED) is 0.364. The molecule has 0 aliphatic carbocycles. The zero-order chi connectivity index (χ0) is 18.3. The first kappa shape index (κ1) is 19.5. The number of hydrogen-bond acceptors (Lipinski definition) is 8. The van der Waals surface area contributed by atoms with Gasteiger partial charge in [-0.25, -0.2) is 0 Å². The van der Waals surface area contributed by atoms with Crippen molar-refractivity contribution >= 4 is 0 Å². The van der Waals surface area contributed by atoms with Crippen molar-refractivity contribution in [3.05, 3.63) is 47.5 Å². The van der Waals surface area contributed by atoms with Crippen LogP contribution in [0.4, 0.5) is 0 Å². The molecule has 0 amide bonds. The summed E-state index contributed by atoms with van der Waals surface area (Å²) in [5, 5.41) is 54.4.